The molecule has 1 atom stereocenters. The topological polar surface area (TPSA) is 83.1 Å². The first-order valence-electron chi connectivity index (χ1n) is 6.89. The molecule has 20 heavy (non-hydrogen) atoms. The zero-order valence-electron chi connectivity index (χ0n) is 11.9. The number of carbonyl (C=O) groups excluding carboxylic acids is 1. The maximum atomic E-state index is 12.2. The van der Waals surface area contributed by atoms with Gasteiger partial charge in [0.1, 0.15) is 5.75 Å². The van der Waals surface area contributed by atoms with Crippen LogP contribution in [0, 0.1) is 0 Å². The van der Waals surface area contributed by atoms with E-state index in [0.717, 1.165) is 18.5 Å². The number of nitrogens with zero attached hydrogens (tertiary/aromatic N) is 2. The van der Waals surface area contributed by atoms with Gasteiger partial charge in [-0.1, -0.05) is 0 Å². The highest BCUT2D eigenvalue weighted by molar-refractivity contribution is 7.92. The lowest BCUT2D eigenvalue weighted by atomic mass is 9.95. The number of carbonyl (C=O) groups is 1. The van der Waals surface area contributed by atoms with E-state index in [1.54, 1.807) is 24.9 Å². The molecule has 1 amide bonds. The summed E-state index contributed by atoms with van der Waals surface area (Å²) < 4.78 is 23.7. The first kappa shape index (κ1) is 15.0. The minimum absolute atomic E-state index is 0.219. The van der Waals surface area contributed by atoms with Crippen LogP contribution in [0.4, 0.5) is 0 Å². The van der Waals surface area contributed by atoms with Crippen LogP contribution in [0.5, 0.6) is 0 Å². The number of aromatic amines is 1. The molecular formula is C13H21N3O3S. The molecule has 0 bridgehead atoms. The molecule has 7 heteroatoms. The second kappa shape index (κ2) is 5.95. The van der Waals surface area contributed by atoms with Gasteiger partial charge < -0.3 is 4.90 Å². The summed E-state index contributed by atoms with van der Waals surface area (Å²) in [5.41, 5.74) is 1.01. The smallest absolute Gasteiger partial charge is 0.237 e. The summed E-state index contributed by atoms with van der Waals surface area (Å²) >= 11 is 0. The van der Waals surface area contributed by atoms with Crippen LogP contribution >= 0.6 is 0 Å². The van der Waals surface area contributed by atoms with Gasteiger partial charge in [-0.05, 0) is 32.8 Å². The predicted molar refractivity (Wildman–Crippen MR) is 76.1 cm³/mol. The summed E-state index contributed by atoms with van der Waals surface area (Å²) in [7, 11) is -3.33. The number of amides is 1. The van der Waals surface area contributed by atoms with Crippen molar-refractivity contribution in [2.75, 3.05) is 18.8 Å². The lowest BCUT2D eigenvalue weighted by Crippen LogP contribution is -2.43. The highest BCUT2D eigenvalue weighted by atomic mass is 32.2. The van der Waals surface area contributed by atoms with Crippen molar-refractivity contribution in [3.63, 3.8) is 0 Å². The molecule has 1 fully saturated rings. The van der Waals surface area contributed by atoms with Crippen molar-refractivity contribution >= 4 is 15.7 Å². The number of hydrogen-bond acceptors (Lipinski definition) is 4. The number of likely N-dealkylation sites (tertiary alicyclic amines) is 1. The second-order valence-electron chi connectivity index (χ2n) is 5.55. The zero-order valence-corrected chi connectivity index (χ0v) is 12.7. The van der Waals surface area contributed by atoms with Crippen molar-refractivity contribution in [3.8, 4) is 0 Å². The van der Waals surface area contributed by atoms with Crippen LogP contribution in [0.2, 0.25) is 0 Å². The molecule has 0 aromatic carbocycles. The van der Waals surface area contributed by atoms with E-state index in [2.05, 4.69) is 10.2 Å². The number of H-pyrrole nitrogens is 1. The highest BCUT2D eigenvalue weighted by Gasteiger charge is 2.29. The van der Waals surface area contributed by atoms with Crippen LogP contribution in [-0.4, -0.2) is 53.5 Å². The summed E-state index contributed by atoms with van der Waals surface area (Å²) in [6.07, 6.45) is 3.57. The monoisotopic (exact) mass is 299 g/mol. The Kier molecular flexibility index (Phi) is 4.47. The van der Waals surface area contributed by atoms with Crippen molar-refractivity contribution in [1.29, 1.82) is 0 Å². The van der Waals surface area contributed by atoms with Crippen LogP contribution in [0.15, 0.2) is 12.3 Å². The van der Waals surface area contributed by atoms with Gasteiger partial charge in [-0.15, -0.1) is 0 Å². The number of aromatic nitrogens is 2. The average molecular weight is 299 g/mol. The molecule has 2 heterocycles. The van der Waals surface area contributed by atoms with Gasteiger partial charge >= 0.3 is 0 Å². The Bertz CT molecular complexity index is 551. The lowest BCUT2D eigenvalue weighted by Gasteiger charge is -2.32. The molecule has 0 spiro atoms. The molecule has 1 unspecified atom stereocenters. The van der Waals surface area contributed by atoms with Gasteiger partial charge in [-0.3, -0.25) is 9.89 Å². The van der Waals surface area contributed by atoms with Gasteiger partial charge in [0, 0.05) is 30.9 Å². The van der Waals surface area contributed by atoms with Gasteiger partial charge in [-0.25, -0.2) is 8.42 Å². The molecular weight excluding hydrogens is 278 g/mol. The Morgan fingerprint density at radius 3 is 2.90 bits per heavy atom. The van der Waals surface area contributed by atoms with Crippen LogP contribution in [0.1, 0.15) is 38.3 Å². The van der Waals surface area contributed by atoms with E-state index in [9.17, 15) is 13.2 Å². The maximum absolute atomic E-state index is 12.2. The van der Waals surface area contributed by atoms with Crippen molar-refractivity contribution in [2.24, 2.45) is 0 Å². The zero-order chi connectivity index (χ0) is 14.8. The Morgan fingerprint density at radius 2 is 2.30 bits per heavy atom. The number of rotatable bonds is 4. The highest BCUT2D eigenvalue weighted by Crippen LogP contribution is 2.25. The van der Waals surface area contributed by atoms with E-state index in [-0.39, 0.29) is 17.6 Å². The number of piperidine rings is 1. The number of nitrogens with one attached hydrogen (secondary N) is 1. The third kappa shape index (κ3) is 3.39. The van der Waals surface area contributed by atoms with Crippen LogP contribution in [-0.2, 0) is 14.6 Å². The third-order valence-corrected chi connectivity index (χ3v) is 5.86. The van der Waals surface area contributed by atoms with E-state index in [1.807, 2.05) is 6.07 Å². The van der Waals surface area contributed by atoms with E-state index in [0.29, 0.717) is 13.1 Å². The van der Waals surface area contributed by atoms with E-state index in [1.165, 1.54) is 0 Å². The Morgan fingerprint density at radius 1 is 1.55 bits per heavy atom. The van der Waals surface area contributed by atoms with Crippen molar-refractivity contribution in [1.82, 2.24) is 15.1 Å². The van der Waals surface area contributed by atoms with E-state index < -0.39 is 15.1 Å². The van der Waals surface area contributed by atoms with Gasteiger partial charge in [-0.2, -0.15) is 5.10 Å². The lowest BCUT2D eigenvalue weighted by molar-refractivity contribution is -0.129. The molecule has 1 saturated heterocycles. The molecule has 1 aromatic rings. The first-order valence-corrected chi connectivity index (χ1v) is 8.60. The molecule has 0 aliphatic carbocycles. The van der Waals surface area contributed by atoms with E-state index in [4.69, 9.17) is 0 Å². The van der Waals surface area contributed by atoms with Crippen molar-refractivity contribution < 1.29 is 13.2 Å². The minimum Gasteiger partial charge on any atom is -0.341 e. The molecule has 0 radical (unpaired) electrons. The average Bonchev–Trinajstić information content (AvgIpc) is 2.92. The van der Waals surface area contributed by atoms with Gasteiger partial charge in [0.2, 0.25) is 5.91 Å². The van der Waals surface area contributed by atoms with Crippen molar-refractivity contribution in [3.05, 3.63) is 18.0 Å². The fourth-order valence-electron chi connectivity index (χ4n) is 2.38. The normalized spacial score (nSPS) is 20.4. The van der Waals surface area contributed by atoms with Gasteiger partial charge in [0.15, 0.2) is 9.84 Å². The fraction of sp³-hybridized carbons (Fsp3) is 0.692. The molecule has 2 rings (SSSR count). The standard InChI is InChI=1S/C13H21N3O3S/c1-10(2)20(18,19)9-13(17)16-7-3-4-11(8-16)12-5-6-14-15-12/h5-6,10-11H,3-4,7-9H2,1-2H3,(H,14,15). The number of hydrogen-bond donors (Lipinski definition) is 1. The summed E-state index contributed by atoms with van der Waals surface area (Å²) in [4.78, 5) is 13.8. The predicted octanol–water partition coefficient (Wildman–Crippen LogP) is 0.939. The van der Waals surface area contributed by atoms with Crippen LogP contribution in [0.3, 0.4) is 0 Å². The first-order chi connectivity index (χ1) is 9.40. The molecule has 112 valence electrons. The largest absolute Gasteiger partial charge is 0.341 e. The molecule has 1 aliphatic rings. The third-order valence-electron chi connectivity index (χ3n) is 3.78. The summed E-state index contributed by atoms with van der Waals surface area (Å²) in [6, 6.07) is 1.91. The Labute approximate surface area is 119 Å². The Balaban J connectivity index is 2.00. The molecule has 1 aliphatic heterocycles. The van der Waals surface area contributed by atoms with Gasteiger partial charge in [0.05, 0.1) is 5.25 Å². The van der Waals surface area contributed by atoms with Gasteiger partial charge in [0.25, 0.3) is 0 Å². The minimum atomic E-state index is -3.33. The van der Waals surface area contributed by atoms with Crippen LogP contribution < -0.4 is 0 Å². The second-order valence-corrected chi connectivity index (χ2v) is 8.10. The molecule has 6 nitrogen and oxygen atoms in total. The Hall–Kier alpha value is -1.37. The summed E-state index contributed by atoms with van der Waals surface area (Å²) in [5.74, 6) is -0.458. The quantitative estimate of drug-likeness (QED) is 0.897. The molecule has 0 saturated carbocycles. The molecule has 1 aromatic heterocycles. The van der Waals surface area contributed by atoms with Crippen molar-refractivity contribution in [2.45, 2.75) is 37.9 Å². The SMILES string of the molecule is CC(C)S(=O)(=O)CC(=O)N1CCCC(c2ccn[nH]2)C1. The summed E-state index contributed by atoms with van der Waals surface area (Å²) in [6.45, 7) is 4.41. The van der Waals surface area contributed by atoms with E-state index >= 15 is 0 Å². The summed E-state index contributed by atoms with van der Waals surface area (Å²) in [5, 5.41) is 6.34. The fourth-order valence-corrected chi connectivity index (χ4v) is 3.24. The number of sulfone groups is 1. The maximum Gasteiger partial charge on any atom is 0.237 e. The van der Waals surface area contributed by atoms with Crippen LogP contribution in [0.25, 0.3) is 0 Å². The molecule has 1 N–H and O–H groups in total.